The van der Waals surface area contributed by atoms with Gasteiger partial charge in [0.05, 0.1) is 29.1 Å². The highest BCUT2D eigenvalue weighted by Crippen LogP contribution is 2.27. The van der Waals surface area contributed by atoms with Crippen LogP contribution >= 0.6 is 11.6 Å². The standard InChI is InChI=1S/C19H21ClN2O5S/c1-4-27-19(24)14-9-10-16(13(2)11-14)21-18(23)12-22(28(3,25)26)17-8-6-5-7-15(17)20/h5-11H,4,12H2,1-3H3,(H,21,23). The molecule has 0 fully saturated rings. The van der Waals surface area contributed by atoms with Crippen LogP contribution in [0.3, 0.4) is 0 Å². The Bertz CT molecular complexity index is 992. The van der Waals surface area contributed by atoms with Crippen LogP contribution in [0.4, 0.5) is 11.4 Å². The third-order valence-corrected chi connectivity index (χ3v) is 5.27. The number of benzene rings is 2. The molecule has 0 aliphatic rings. The zero-order chi connectivity index (χ0) is 20.9. The van der Waals surface area contributed by atoms with Crippen molar-refractivity contribution in [2.24, 2.45) is 0 Å². The first-order valence-electron chi connectivity index (χ1n) is 8.43. The maximum Gasteiger partial charge on any atom is 0.338 e. The van der Waals surface area contributed by atoms with E-state index in [9.17, 15) is 18.0 Å². The fourth-order valence-corrected chi connectivity index (χ4v) is 3.66. The average molecular weight is 425 g/mol. The zero-order valence-electron chi connectivity index (χ0n) is 15.7. The molecule has 1 amide bonds. The number of halogens is 1. The molecule has 0 aliphatic heterocycles. The van der Waals surface area contributed by atoms with Gasteiger partial charge in [0, 0.05) is 5.69 Å². The predicted molar refractivity (Wildman–Crippen MR) is 109 cm³/mol. The van der Waals surface area contributed by atoms with Crippen LogP contribution in [0.15, 0.2) is 42.5 Å². The number of amides is 1. The summed E-state index contributed by atoms with van der Waals surface area (Å²) in [6.07, 6.45) is 1.00. The number of esters is 1. The minimum atomic E-state index is -3.74. The molecule has 0 aromatic heterocycles. The molecule has 0 atom stereocenters. The van der Waals surface area contributed by atoms with E-state index in [0.717, 1.165) is 10.6 Å². The molecule has 0 unspecified atom stereocenters. The van der Waals surface area contributed by atoms with E-state index in [2.05, 4.69) is 5.32 Å². The second-order valence-corrected chi connectivity index (χ2v) is 8.33. The number of nitrogens with one attached hydrogen (secondary N) is 1. The maximum absolute atomic E-state index is 12.5. The molecule has 0 spiro atoms. The number of carbonyl (C=O) groups excluding carboxylic acids is 2. The second-order valence-electron chi connectivity index (χ2n) is 6.02. The van der Waals surface area contributed by atoms with E-state index in [1.54, 1.807) is 44.2 Å². The van der Waals surface area contributed by atoms with Crippen LogP contribution in [-0.4, -0.2) is 39.7 Å². The molecule has 2 rings (SSSR count). The maximum atomic E-state index is 12.5. The minimum Gasteiger partial charge on any atom is -0.462 e. The fourth-order valence-electron chi connectivity index (χ4n) is 2.50. The zero-order valence-corrected chi connectivity index (χ0v) is 17.3. The number of hydrogen-bond donors (Lipinski definition) is 1. The van der Waals surface area contributed by atoms with Crippen molar-refractivity contribution in [1.82, 2.24) is 0 Å². The molecule has 0 saturated carbocycles. The Kier molecular flexibility index (Phi) is 7.04. The molecular weight excluding hydrogens is 404 g/mol. The first-order chi connectivity index (χ1) is 13.1. The predicted octanol–water partition coefficient (Wildman–Crippen LogP) is 3.23. The van der Waals surface area contributed by atoms with E-state index in [1.165, 1.54) is 12.1 Å². The highest BCUT2D eigenvalue weighted by Gasteiger charge is 2.23. The van der Waals surface area contributed by atoms with E-state index in [0.29, 0.717) is 16.8 Å². The summed E-state index contributed by atoms with van der Waals surface area (Å²) in [5, 5.41) is 2.88. The Morgan fingerprint density at radius 3 is 2.43 bits per heavy atom. The molecule has 28 heavy (non-hydrogen) atoms. The van der Waals surface area contributed by atoms with Gasteiger partial charge in [-0.3, -0.25) is 9.10 Å². The van der Waals surface area contributed by atoms with Crippen LogP contribution in [0.1, 0.15) is 22.8 Å². The Morgan fingerprint density at radius 1 is 1.18 bits per heavy atom. The largest absolute Gasteiger partial charge is 0.462 e. The van der Waals surface area contributed by atoms with Gasteiger partial charge in [-0.25, -0.2) is 13.2 Å². The first kappa shape index (κ1) is 21.7. The third kappa shape index (κ3) is 5.46. The fraction of sp³-hybridized carbons (Fsp3) is 0.263. The highest BCUT2D eigenvalue weighted by atomic mass is 35.5. The van der Waals surface area contributed by atoms with Gasteiger partial charge in [-0.1, -0.05) is 23.7 Å². The monoisotopic (exact) mass is 424 g/mol. The molecule has 0 aliphatic carbocycles. The van der Waals surface area contributed by atoms with E-state index < -0.39 is 28.4 Å². The number of ether oxygens (including phenoxy) is 1. The van der Waals surface area contributed by atoms with Crippen LogP contribution in [0.2, 0.25) is 5.02 Å². The molecule has 0 bridgehead atoms. The van der Waals surface area contributed by atoms with Gasteiger partial charge in [0.25, 0.3) is 0 Å². The van der Waals surface area contributed by atoms with Crippen LogP contribution in [-0.2, 0) is 19.6 Å². The summed E-state index contributed by atoms with van der Waals surface area (Å²) in [5.41, 5.74) is 1.69. The van der Waals surface area contributed by atoms with Crippen molar-refractivity contribution in [3.8, 4) is 0 Å². The van der Waals surface area contributed by atoms with E-state index in [-0.39, 0.29) is 17.3 Å². The molecule has 2 aromatic carbocycles. The van der Waals surface area contributed by atoms with Gasteiger partial charge in [0.2, 0.25) is 15.9 Å². The van der Waals surface area contributed by atoms with Crippen molar-refractivity contribution in [2.75, 3.05) is 29.0 Å². The average Bonchev–Trinajstić information content (AvgIpc) is 2.61. The number of nitrogens with zero attached hydrogens (tertiary/aromatic N) is 1. The number of hydrogen-bond acceptors (Lipinski definition) is 5. The summed E-state index contributed by atoms with van der Waals surface area (Å²) in [6.45, 7) is 3.26. The Labute approximate surface area is 169 Å². The normalized spacial score (nSPS) is 11.0. The van der Waals surface area contributed by atoms with Crippen molar-refractivity contribution < 1.29 is 22.7 Å². The molecule has 1 N–H and O–H groups in total. The smallest absolute Gasteiger partial charge is 0.338 e. The second kappa shape index (κ2) is 9.07. The van der Waals surface area contributed by atoms with Gasteiger partial charge in [-0.15, -0.1) is 0 Å². The van der Waals surface area contributed by atoms with Crippen molar-refractivity contribution in [1.29, 1.82) is 0 Å². The van der Waals surface area contributed by atoms with E-state index in [4.69, 9.17) is 16.3 Å². The summed E-state index contributed by atoms with van der Waals surface area (Å²) < 4.78 is 30.2. The molecule has 0 heterocycles. The van der Waals surface area contributed by atoms with Gasteiger partial charge in [-0.2, -0.15) is 0 Å². The van der Waals surface area contributed by atoms with Gasteiger partial charge in [0.1, 0.15) is 6.54 Å². The SMILES string of the molecule is CCOC(=O)c1ccc(NC(=O)CN(c2ccccc2Cl)S(C)(=O)=O)c(C)c1. The number of sulfonamides is 1. The molecule has 7 nitrogen and oxygen atoms in total. The number of para-hydroxylation sites is 1. The minimum absolute atomic E-state index is 0.218. The van der Waals surface area contributed by atoms with Crippen molar-refractivity contribution in [3.05, 3.63) is 58.6 Å². The summed E-state index contributed by atoms with van der Waals surface area (Å²) in [5.74, 6) is -0.997. The lowest BCUT2D eigenvalue weighted by atomic mass is 10.1. The summed E-state index contributed by atoms with van der Waals surface area (Å²) >= 11 is 6.09. The van der Waals surface area contributed by atoms with Crippen molar-refractivity contribution in [2.45, 2.75) is 13.8 Å². The van der Waals surface area contributed by atoms with E-state index >= 15 is 0 Å². The lowest BCUT2D eigenvalue weighted by Gasteiger charge is -2.23. The van der Waals surface area contributed by atoms with Crippen LogP contribution in [0, 0.1) is 6.92 Å². The van der Waals surface area contributed by atoms with Gasteiger partial charge < -0.3 is 10.1 Å². The molecule has 2 aromatic rings. The molecule has 0 saturated heterocycles. The van der Waals surface area contributed by atoms with Gasteiger partial charge >= 0.3 is 5.97 Å². The summed E-state index contributed by atoms with van der Waals surface area (Å²) in [4.78, 5) is 24.3. The number of rotatable bonds is 7. The lowest BCUT2D eigenvalue weighted by molar-refractivity contribution is -0.114. The summed E-state index contributed by atoms with van der Waals surface area (Å²) in [7, 11) is -3.74. The summed E-state index contributed by atoms with van der Waals surface area (Å²) in [6, 6.07) is 11.1. The highest BCUT2D eigenvalue weighted by molar-refractivity contribution is 7.92. The molecule has 9 heteroatoms. The van der Waals surface area contributed by atoms with E-state index in [1.807, 2.05) is 0 Å². The Hall–Kier alpha value is -2.58. The number of aryl methyl sites for hydroxylation is 1. The lowest BCUT2D eigenvalue weighted by Crippen LogP contribution is -2.37. The molecular formula is C19H21ClN2O5S. The van der Waals surface area contributed by atoms with Crippen LogP contribution in [0.25, 0.3) is 0 Å². The Balaban J connectivity index is 2.20. The first-order valence-corrected chi connectivity index (χ1v) is 10.7. The van der Waals surface area contributed by atoms with Crippen molar-refractivity contribution >= 4 is 44.9 Å². The molecule has 150 valence electrons. The van der Waals surface area contributed by atoms with Gasteiger partial charge in [0.15, 0.2) is 0 Å². The topological polar surface area (TPSA) is 92.8 Å². The third-order valence-electron chi connectivity index (χ3n) is 3.82. The quantitative estimate of drug-likeness (QED) is 0.689. The molecule has 0 radical (unpaired) electrons. The Morgan fingerprint density at radius 2 is 1.86 bits per heavy atom. The van der Waals surface area contributed by atoms with Crippen molar-refractivity contribution in [3.63, 3.8) is 0 Å². The van der Waals surface area contributed by atoms with Crippen LogP contribution in [0.5, 0.6) is 0 Å². The number of carbonyl (C=O) groups is 2. The van der Waals surface area contributed by atoms with Gasteiger partial charge in [-0.05, 0) is 49.7 Å². The number of anilines is 2. The van der Waals surface area contributed by atoms with Crippen LogP contribution < -0.4 is 9.62 Å².